The normalized spacial score (nSPS) is 17.0. The molecule has 1 aromatic carbocycles. The van der Waals surface area contributed by atoms with Gasteiger partial charge in [-0.05, 0) is 37.1 Å². The summed E-state index contributed by atoms with van der Waals surface area (Å²) in [5.41, 5.74) is 5.55. The van der Waals surface area contributed by atoms with E-state index in [4.69, 9.17) is 14.9 Å². The van der Waals surface area contributed by atoms with Crippen LogP contribution < -0.4 is 5.73 Å². The summed E-state index contributed by atoms with van der Waals surface area (Å²) in [4.78, 5) is 24.8. The van der Waals surface area contributed by atoms with Gasteiger partial charge in [-0.2, -0.15) is 0 Å². The van der Waals surface area contributed by atoms with E-state index in [1.807, 2.05) is 0 Å². The monoisotopic (exact) mass is 332 g/mol. The molecule has 1 aromatic heterocycles. The third-order valence-corrected chi connectivity index (χ3v) is 4.01. The SMILES string of the molecule is NC(=O)N1CCCC1COC(=O)c1ccc(-c2ccccc2F)o1. The average Bonchev–Trinajstić information content (AvgIpc) is 3.22. The Bertz CT molecular complexity index is 759. The van der Waals surface area contributed by atoms with Crippen LogP contribution in [0.4, 0.5) is 9.18 Å². The van der Waals surface area contributed by atoms with Crippen molar-refractivity contribution in [2.45, 2.75) is 18.9 Å². The first-order valence-corrected chi connectivity index (χ1v) is 7.64. The Morgan fingerprint density at radius 1 is 1.29 bits per heavy atom. The molecule has 3 rings (SSSR count). The number of nitrogens with two attached hydrogens (primary N) is 1. The van der Waals surface area contributed by atoms with Crippen LogP contribution >= 0.6 is 0 Å². The molecule has 0 spiro atoms. The van der Waals surface area contributed by atoms with Gasteiger partial charge in [0, 0.05) is 6.54 Å². The largest absolute Gasteiger partial charge is 0.458 e. The lowest BCUT2D eigenvalue weighted by molar-refractivity contribution is 0.0388. The summed E-state index contributed by atoms with van der Waals surface area (Å²) in [6, 6.07) is 8.34. The summed E-state index contributed by atoms with van der Waals surface area (Å²) in [7, 11) is 0. The molecule has 0 radical (unpaired) electrons. The minimum atomic E-state index is -0.658. The van der Waals surface area contributed by atoms with Crippen molar-refractivity contribution in [3.05, 3.63) is 48.0 Å². The summed E-state index contributed by atoms with van der Waals surface area (Å²) in [6.07, 6.45) is 1.55. The molecule has 1 aliphatic rings. The summed E-state index contributed by atoms with van der Waals surface area (Å²) >= 11 is 0. The highest BCUT2D eigenvalue weighted by atomic mass is 19.1. The van der Waals surface area contributed by atoms with Crippen LogP contribution in [0.2, 0.25) is 0 Å². The molecule has 0 saturated carbocycles. The second kappa shape index (κ2) is 6.74. The van der Waals surface area contributed by atoms with E-state index in [-0.39, 0.29) is 29.7 Å². The molecule has 1 atom stereocenters. The first-order chi connectivity index (χ1) is 11.6. The number of primary amides is 1. The van der Waals surface area contributed by atoms with Gasteiger partial charge in [0.05, 0.1) is 11.6 Å². The number of ether oxygens (including phenoxy) is 1. The number of carbonyl (C=O) groups excluding carboxylic acids is 2. The van der Waals surface area contributed by atoms with E-state index in [2.05, 4.69) is 0 Å². The summed E-state index contributed by atoms with van der Waals surface area (Å²) in [6.45, 7) is 0.618. The quantitative estimate of drug-likeness (QED) is 0.872. The number of hydrogen-bond acceptors (Lipinski definition) is 4. The number of halogens is 1. The number of rotatable bonds is 4. The van der Waals surface area contributed by atoms with E-state index in [9.17, 15) is 14.0 Å². The van der Waals surface area contributed by atoms with E-state index in [0.717, 1.165) is 12.8 Å². The van der Waals surface area contributed by atoms with Crippen molar-refractivity contribution in [3.8, 4) is 11.3 Å². The fourth-order valence-electron chi connectivity index (χ4n) is 2.80. The van der Waals surface area contributed by atoms with Crippen molar-refractivity contribution < 1.29 is 23.1 Å². The Kier molecular flexibility index (Phi) is 4.50. The van der Waals surface area contributed by atoms with Gasteiger partial charge >= 0.3 is 12.0 Å². The highest BCUT2D eigenvalue weighted by molar-refractivity contribution is 5.87. The molecule has 2 heterocycles. The van der Waals surface area contributed by atoms with Gasteiger partial charge in [-0.1, -0.05) is 12.1 Å². The molecule has 1 aliphatic heterocycles. The number of urea groups is 1. The molecular weight excluding hydrogens is 315 g/mol. The zero-order valence-corrected chi connectivity index (χ0v) is 12.9. The Hall–Kier alpha value is -2.83. The third kappa shape index (κ3) is 3.24. The van der Waals surface area contributed by atoms with E-state index in [0.29, 0.717) is 6.54 Å². The molecule has 126 valence electrons. The van der Waals surface area contributed by atoms with Gasteiger partial charge in [-0.15, -0.1) is 0 Å². The highest BCUT2D eigenvalue weighted by Gasteiger charge is 2.28. The van der Waals surface area contributed by atoms with E-state index in [1.54, 1.807) is 18.2 Å². The molecule has 2 N–H and O–H groups in total. The maximum absolute atomic E-state index is 13.7. The van der Waals surface area contributed by atoms with Crippen molar-refractivity contribution in [2.24, 2.45) is 5.73 Å². The number of nitrogens with zero attached hydrogens (tertiary/aromatic N) is 1. The molecule has 0 bridgehead atoms. The summed E-state index contributed by atoms with van der Waals surface area (Å²) < 4.78 is 24.3. The Morgan fingerprint density at radius 2 is 2.08 bits per heavy atom. The molecule has 1 saturated heterocycles. The summed E-state index contributed by atoms with van der Waals surface area (Å²) in [5.74, 6) is -0.861. The smallest absolute Gasteiger partial charge is 0.374 e. The lowest BCUT2D eigenvalue weighted by Gasteiger charge is -2.21. The van der Waals surface area contributed by atoms with E-state index >= 15 is 0 Å². The fourth-order valence-corrected chi connectivity index (χ4v) is 2.80. The predicted octanol–water partition coefficient (Wildman–Crippen LogP) is 2.79. The van der Waals surface area contributed by atoms with E-state index in [1.165, 1.54) is 23.1 Å². The first kappa shape index (κ1) is 16.0. The lowest BCUT2D eigenvalue weighted by atomic mass is 10.1. The number of amides is 2. The number of likely N-dealkylation sites (tertiary alicyclic amines) is 1. The molecule has 1 unspecified atom stereocenters. The Balaban J connectivity index is 1.64. The van der Waals surface area contributed by atoms with Crippen molar-refractivity contribution in [1.82, 2.24) is 4.90 Å². The van der Waals surface area contributed by atoms with Crippen LogP contribution in [0.15, 0.2) is 40.8 Å². The van der Waals surface area contributed by atoms with Crippen molar-refractivity contribution in [1.29, 1.82) is 0 Å². The highest BCUT2D eigenvalue weighted by Crippen LogP contribution is 2.25. The maximum atomic E-state index is 13.7. The second-order valence-electron chi connectivity index (χ2n) is 5.57. The van der Waals surface area contributed by atoms with Crippen molar-refractivity contribution in [2.75, 3.05) is 13.2 Å². The zero-order chi connectivity index (χ0) is 17.1. The van der Waals surface area contributed by atoms with Crippen LogP contribution in [0.1, 0.15) is 23.4 Å². The molecule has 7 heteroatoms. The standard InChI is InChI=1S/C17H17FN2O4/c18-13-6-2-1-5-12(13)14-7-8-15(24-14)16(21)23-10-11-4-3-9-20(11)17(19)22/h1-2,5-8,11H,3-4,9-10H2,(H2,19,22). The molecular formula is C17H17FN2O4. The van der Waals surface area contributed by atoms with Crippen LogP contribution in [0.3, 0.4) is 0 Å². The van der Waals surface area contributed by atoms with E-state index < -0.39 is 17.8 Å². The van der Waals surface area contributed by atoms with Crippen LogP contribution in [0.25, 0.3) is 11.3 Å². The molecule has 6 nitrogen and oxygen atoms in total. The minimum absolute atomic E-state index is 0.0168. The Labute approximate surface area is 138 Å². The molecule has 2 aromatic rings. The number of benzene rings is 1. The summed E-state index contributed by atoms with van der Waals surface area (Å²) in [5, 5.41) is 0. The molecule has 1 fully saturated rings. The van der Waals surface area contributed by atoms with Crippen LogP contribution in [-0.4, -0.2) is 36.1 Å². The topological polar surface area (TPSA) is 85.8 Å². The number of carbonyl (C=O) groups is 2. The van der Waals surface area contributed by atoms with Crippen molar-refractivity contribution in [3.63, 3.8) is 0 Å². The van der Waals surface area contributed by atoms with Crippen LogP contribution in [-0.2, 0) is 4.74 Å². The van der Waals surface area contributed by atoms with Gasteiger partial charge in [-0.25, -0.2) is 14.0 Å². The van der Waals surface area contributed by atoms with Gasteiger partial charge in [-0.3, -0.25) is 0 Å². The van der Waals surface area contributed by atoms with Gasteiger partial charge in [0.15, 0.2) is 0 Å². The van der Waals surface area contributed by atoms with Crippen LogP contribution in [0, 0.1) is 5.82 Å². The number of hydrogen-bond donors (Lipinski definition) is 1. The predicted molar refractivity (Wildman–Crippen MR) is 83.7 cm³/mol. The zero-order valence-electron chi connectivity index (χ0n) is 12.9. The average molecular weight is 332 g/mol. The lowest BCUT2D eigenvalue weighted by Crippen LogP contribution is -2.41. The molecule has 0 aliphatic carbocycles. The third-order valence-electron chi connectivity index (χ3n) is 4.01. The van der Waals surface area contributed by atoms with Crippen LogP contribution in [0.5, 0.6) is 0 Å². The van der Waals surface area contributed by atoms with Gasteiger partial charge < -0.3 is 19.8 Å². The number of furan rings is 1. The minimum Gasteiger partial charge on any atom is -0.458 e. The van der Waals surface area contributed by atoms with Crippen molar-refractivity contribution >= 4 is 12.0 Å². The maximum Gasteiger partial charge on any atom is 0.374 e. The Morgan fingerprint density at radius 3 is 2.83 bits per heavy atom. The molecule has 2 amide bonds. The first-order valence-electron chi connectivity index (χ1n) is 7.64. The number of esters is 1. The van der Waals surface area contributed by atoms with Gasteiger partial charge in [0.2, 0.25) is 5.76 Å². The second-order valence-corrected chi connectivity index (χ2v) is 5.57. The fraction of sp³-hybridized carbons (Fsp3) is 0.294. The molecule has 24 heavy (non-hydrogen) atoms. The van der Waals surface area contributed by atoms with Gasteiger partial charge in [0.25, 0.3) is 0 Å². The van der Waals surface area contributed by atoms with Gasteiger partial charge in [0.1, 0.15) is 18.2 Å².